The molecule has 0 bridgehead atoms. The van der Waals surface area contributed by atoms with E-state index in [1.165, 1.54) is 5.56 Å². The third-order valence-corrected chi connectivity index (χ3v) is 6.64. The van der Waals surface area contributed by atoms with E-state index in [4.69, 9.17) is 0 Å². The van der Waals surface area contributed by atoms with Gasteiger partial charge in [-0.1, -0.05) is 31.2 Å². The Kier molecular flexibility index (Phi) is 5.30. The first-order valence-electron chi connectivity index (χ1n) is 7.43. The average Bonchev–Trinajstić information content (AvgIpc) is 3.32. The lowest BCUT2D eigenvalue weighted by molar-refractivity contribution is 0.271. The fourth-order valence-corrected chi connectivity index (χ4v) is 4.82. The molecular formula is C15H23ClN2O2S. The third-order valence-electron chi connectivity index (χ3n) is 4.24. The molecule has 6 heteroatoms. The van der Waals surface area contributed by atoms with Crippen LogP contribution in [-0.4, -0.2) is 37.6 Å². The SMILES string of the molecule is CCc1ccc(C2CNCCN2S(=O)(=O)C2CC2)cc1.Cl. The second kappa shape index (κ2) is 6.65. The number of aryl methyl sites for hydroxylation is 1. The van der Waals surface area contributed by atoms with Crippen molar-refractivity contribution in [3.05, 3.63) is 35.4 Å². The summed E-state index contributed by atoms with van der Waals surface area (Å²) < 4.78 is 26.8. The van der Waals surface area contributed by atoms with Crippen molar-refractivity contribution >= 4 is 22.4 Å². The van der Waals surface area contributed by atoms with E-state index in [0.717, 1.165) is 31.4 Å². The summed E-state index contributed by atoms with van der Waals surface area (Å²) in [6.07, 6.45) is 2.66. The Hall–Kier alpha value is -0.620. The molecule has 1 saturated heterocycles. The molecule has 1 aliphatic heterocycles. The zero-order valence-corrected chi connectivity index (χ0v) is 13.9. The van der Waals surface area contributed by atoms with Crippen LogP contribution in [0.1, 0.15) is 36.9 Å². The summed E-state index contributed by atoms with van der Waals surface area (Å²) in [7, 11) is -3.11. The van der Waals surface area contributed by atoms with Crippen LogP contribution in [0.2, 0.25) is 0 Å². The molecule has 1 aromatic rings. The Balaban J connectivity index is 0.00000161. The van der Waals surface area contributed by atoms with Gasteiger partial charge in [0.05, 0.1) is 11.3 Å². The van der Waals surface area contributed by atoms with E-state index in [0.29, 0.717) is 13.1 Å². The number of hydrogen-bond acceptors (Lipinski definition) is 3. The monoisotopic (exact) mass is 330 g/mol. The fraction of sp³-hybridized carbons (Fsp3) is 0.600. The van der Waals surface area contributed by atoms with E-state index < -0.39 is 10.0 Å². The molecule has 21 heavy (non-hydrogen) atoms. The first kappa shape index (κ1) is 16.7. The Bertz CT molecular complexity index is 570. The highest BCUT2D eigenvalue weighted by Gasteiger charge is 2.43. The number of nitrogens with one attached hydrogen (secondary N) is 1. The summed E-state index contributed by atoms with van der Waals surface area (Å²) in [5.41, 5.74) is 2.38. The molecule has 2 fully saturated rings. The van der Waals surface area contributed by atoms with Crippen LogP contribution in [-0.2, 0) is 16.4 Å². The summed E-state index contributed by atoms with van der Waals surface area (Å²) >= 11 is 0. The highest BCUT2D eigenvalue weighted by atomic mass is 35.5. The highest BCUT2D eigenvalue weighted by Crippen LogP contribution is 2.35. The van der Waals surface area contributed by atoms with Crippen LogP contribution in [0.25, 0.3) is 0 Å². The van der Waals surface area contributed by atoms with Crippen LogP contribution in [0, 0.1) is 0 Å². The van der Waals surface area contributed by atoms with E-state index in [1.54, 1.807) is 4.31 Å². The van der Waals surface area contributed by atoms with Crippen LogP contribution >= 0.6 is 12.4 Å². The largest absolute Gasteiger partial charge is 0.313 e. The number of halogens is 1. The predicted molar refractivity (Wildman–Crippen MR) is 87.3 cm³/mol. The van der Waals surface area contributed by atoms with Gasteiger partial charge in [-0.05, 0) is 30.4 Å². The first-order chi connectivity index (χ1) is 9.63. The normalized spacial score (nSPS) is 23.6. The van der Waals surface area contributed by atoms with Crippen molar-refractivity contribution in [2.24, 2.45) is 0 Å². The number of nitrogens with zero attached hydrogens (tertiary/aromatic N) is 1. The van der Waals surface area contributed by atoms with E-state index >= 15 is 0 Å². The van der Waals surface area contributed by atoms with Crippen molar-refractivity contribution in [2.45, 2.75) is 37.5 Å². The summed E-state index contributed by atoms with van der Waals surface area (Å²) in [4.78, 5) is 0. The smallest absolute Gasteiger partial charge is 0.217 e. The van der Waals surface area contributed by atoms with Gasteiger partial charge < -0.3 is 5.32 Å². The number of rotatable bonds is 4. The Morgan fingerprint density at radius 2 is 1.90 bits per heavy atom. The second-order valence-corrected chi connectivity index (χ2v) is 7.84. The molecule has 2 aliphatic rings. The Labute approximate surface area is 133 Å². The number of hydrogen-bond donors (Lipinski definition) is 1. The van der Waals surface area contributed by atoms with Gasteiger partial charge in [-0.3, -0.25) is 0 Å². The van der Waals surface area contributed by atoms with Gasteiger partial charge in [0.15, 0.2) is 0 Å². The molecule has 1 atom stereocenters. The maximum atomic E-state index is 12.6. The molecule has 118 valence electrons. The minimum absolute atomic E-state index is 0. The summed E-state index contributed by atoms with van der Waals surface area (Å²) in [5, 5.41) is 3.19. The van der Waals surface area contributed by atoms with Crippen molar-refractivity contribution in [3.63, 3.8) is 0 Å². The van der Waals surface area contributed by atoms with Gasteiger partial charge >= 0.3 is 0 Å². The molecule has 0 aromatic heterocycles. The molecule has 1 heterocycles. The summed E-state index contributed by atoms with van der Waals surface area (Å²) in [6.45, 7) is 4.16. The summed E-state index contributed by atoms with van der Waals surface area (Å²) in [6, 6.07) is 8.30. The van der Waals surface area contributed by atoms with Crippen LogP contribution in [0.4, 0.5) is 0 Å². The summed E-state index contributed by atoms with van der Waals surface area (Å²) in [5.74, 6) is 0. The molecule has 1 unspecified atom stereocenters. The predicted octanol–water partition coefficient (Wildman–Crippen LogP) is 2.11. The molecule has 3 rings (SSSR count). The fourth-order valence-electron chi connectivity index (χ4n) is 2.81. The van der Waals surface area contributed by atoms with Gasteiger partial charge in [-0.2, -0.15) is 4.31 Å². The molecule has 1 N–H and O–H groups in total. The molecule has 0 amide bonds. The Morgan fingerprint density at radius 1 is 1.24 bits per heavy atom. The first-order valence-corrected chi connectivity index (χ1v) is 8.93. The van der Waals surface area contributed by atoms with Crippen LogP contribution < -0.4 is 5.32 Å². The third kappa shape index (κ3) is 3.42. The van der Waals surface area contributed by atoms with Gasteiger partial charge in [-0.25, -0.2) is 8.42 Å². The number of sulfonamides is 1. The van der Waals surface area contributed by atoms with E-state index in [1.807, 2.05) is 0 Å². The molecule has 0 spiro atoms. The number of benzene rings is 1. The lowest BCUT2D eigenvalue weighted by Gasteiger charge is -2.35. The maximum absolute atomic E-state index is 12.6. The minimum atomic E-state index is -3.11. The molecule has 4 nitrogen and oxygen atoms in total. The van der Waals surface area contributed by atoms with Gasteiger partial charge in [0, 0.05) is 19.6 Å². The van der Waals surface area contributed by atoms with Gasteiger partial charge in [0.2, 0.25) is 10.0 Å². The van der Waals surface area contributed by atoms with Crippen molar-refractivity contribution in [1.29, 1.82) is 0 Å². The quantitative estimate of drug-likeness (QED) is 0.920. The minimum Gasteiger partial charge on any atom is -0.313 e. The van der Waals surface area contributed by atoms with Crippen molar-refractivity contribution < 1.29 is 8.42 Å². The molecule has 1 saturated carbocycles. The molecular weight excluding hydrogens is 308 g/mol. The highest BCUT2D eigenvalue weighted by molar-refractivity contribution is 7.90. The van der Waals surface area contributed by atoms with E-state index in [9.17, 15) is 8.42 Å². The lowest BCUT2D eigenvalue weighted by Crippen LogP contribution is -2.49. The molecule has 1 aliphatic carbocycles. The zero-order chi connectivity index (χ0) is 14.2. The topological polar surface area (TPSA) is 49.4 Å². The van der Waals surface area contributed by atoms with Gasteiger partial charge in [0.1, 0.15) is 0 Å². The van der Waals surface area contributed by atoms with E-state index in [-0.39, 0.29) is 23.7 Å². The van der Waals surface area contributed by atoms with Gasteiger partial charge in [-0.15, -0.1) is 12.4 Å². The molecule has 0 radical (unpaired) electrons. The second-order valence-electron chi connectivity index (χ2n) is 5.67. The van der Waals surface area contributed by atoms with Crippen LogP contribution in [0.5, 0.6) is 0 Å². The van der Waals surface area contributed by atoms with Crippen LogP contribution in [0.15, 0.2) is 24.3 Å². The standard InChI is InChI=1S/C15H22N2O2S.ClH/c1-2-12-3-5-13(6-4-12)15-11-16-9-10-17(15)20(18,19)14-7-8-14;/h3-6,14-16H,2,7-11H2,1H3;1H. The Morgan fingerprint density at radius 3 is 2.48 bits per heavy atom. The molecule has 1 aromatic carbocycles. The van der Waals surface area contributed by atoms with Crippen LogP contribution in [0.3, 0.4) is 0 Å². The van der Waals surface area contributed by atoms with E-state index in [2.05, 4.69) is 36.5 Å². The maximum Gasteiger partial charge on any atom is 0.217 e. The number of piperazine rings is 1. The lowest BCUT2D eigenvalue weighted by atomic mass is 10.0. The van der Waals surface area contributed by atoms with Crippen molar-refractivity contribution in [1.82, 2.24) is 9.62 Å². The van der Waals surface area contributed by atoms with Crippen molar-refractivity contribution in [3.8, 4) is 0 Å². The van der Waals surface area contributed by atoms with Crippen molar-refractivity contribution in [2.75, 3.05) is 19.6 Å². The van der Waals surface area contributed by atoms with Gasteiger partial charge in [0.25, 0.3) is 0 Å². The zero-order valence-electron chi connectivity index (χ0n) is 12.3. The average molecular weight is 331 g/mol.